The van der Waals surface area contributed by atoms with Crippen molar-refractivity contribution in [1.82, 2.24) is 4.90 Å². The second-order valence-corrected chi connectivity index (χ2v) is 3.02. The Morgan fingerprint density at radius 3 is 1.50 bits per heavy atom. The van der Waals surface area contributed by atoms with E-state index in [4.69, 9.17) is 0 Å². The Kier molecular flexibility index (Phi) is 1.31. The van der Waals surface area contributed by atoms with Crippen molar-refractivity contribution >= 4 is 0 Å². The topological polar surface area (TPSA) is 3.01 Å². The van der Waals surface area contributed by atoms with Gasteiger partial charge in [-0.15, -0.1) is 0 Å². The van der Waals surface area contributed by atoms with Crippen LogP contribution in [0.4, 0.5) is 0 Å². The lowest BCUT2D eigenvalue weighted by atomic mass is 10.4. The molecule has 0 unspecified atom stereocenters. The van der Waals surface area contributed by atoms with Crippen LogP contribution in [0.1, 0.15) is 27.7 Å². The fourth-order valence-electron chi connectivity index (χ4n) is 1.47. The van der Waals surface area contributed by atoms with Gasteiger partial charge in [0.25, 0.3) is 0 Å². The molecule has 0 amide bonds. The third-order valence-corrected chi connectivity index (χ3v) is 2.15. The second-order valence-electron chi connectivity index (χ2n) is 3.02. The molecule has 1 heteroatoms. The van der Waals surface area contributed by atoms with Gasteiger partial charge < -0.3 is 0 Å². The maximum Gasteiger partial charge on any atom is 0.0227 e. The van der Waals surface area contributed by atoms with E-state index >= 15 is 0 Å². The molecule has 0 aromatic rings. The Bertz CT molecular complexity index is 73.6. The van der Waals surface area contributed by atoms with E-state index in [0.29, 0.717) is 0 Å². The van der Waals surface area contributed by atoms with Crippen LogP contribution in [0.25, 0.3) is 0 Å². The molecule has 0 N–H and O–H groups in total. The van der Waals surface area contributed by atoms with Crippen molar-refractivity contribution in [3.63, 3.8) is 0 Å². The molecule has 2 atom stereocenters. The normalized spacial score (nSPS) is 45.4. The quantitative estimate of drug-likeness (QED) is 0.465. The van der Waals surface area contributed by atoms with Crippen molar-refractivity contribution in [1.29, 1.82) is 0 Å². The predicted octanol–water partition coefficient (Wildman–Crippen LogP) is 1.49. The highest BCUT2D eigenvalue weighted by Crippen LogP contribution is 2.29. The van der Waals surface area contributed by atoms with Crippen LogP contribution >= 0.6 is 0 Å². The Morgan fingerprint density at radius 1 is 1.12 bits per heavy atom. The standard InChI is InChI=1S/C7H15N/c1-5(2)8-6(3)7(8)4/h5-7H,1-4H3/t6-,7-/m1/s1. The maximum absolute atomic E-state index is 2.50. The van der Waals surface area contributed by atoms with Crippen molar-refractivity contribution in [3.8, 4) is 0 Å². The van der Waals surface area contributed by atoms with Gasteiger partial charge in [0, 0.05) is 18.1 Å². The van der Waals surface area contributed by atoms with Crippen LogP contribution in [0, 0.1) is 0 Å². The Labute approximate surface area is 51.7 Å². The molecule has 0 spiro atoms. The molecular formula is C7H15N. The van der Waals surface area contributed by atoms with E-state index < -0.39 is 0 Å². The summed E-state index contributed by atoms with van der Waals surface area (Å²) in [6.45, 7) is 9.06. The summed E-state index contributed by atoms with van der Waals surface area (Å²) in [5.41, 5.74) is 0. The van der Waals surface area contributed by atoms with E-state index in [0.717, 1.165) is 18.1 Å². The summed E-state index contributed by atoms with van der Waals surface area (Å²) >= 11 is 0. The van der Waals surface area contributed by atoms with Crippen LogP contribution < -0.4 is 0 Å². The Hall–Kier alpha value is -0.0400. The first-order valence-electron chi connectivity index (χ1n) is 3.42. The molecule has 1 saturated heterocycles. The molecule has 1 fully saturated rings. The van der Waals surface area contributed by atoms with Gasteiger partial charge in [0.15, 0.2) is 0 Å². The molecule has 1 nitrogen and oxygen atoms in total. The highest BCUT2D eigenvalue weighted by Gasteiger charge is 2.40. The van der Waals surface area contributed by atoms with Gasteiger partial charge in [-0.2, -0.15) is 0 Å². The van der Waals surface area contributed by atoms with Crippen molar-refractivity contribution in [2.24, 2.45) is 0 Å². The Morgan fingerprint density at radius 2 is 1.50 bits per heavy atom. The summed E-state index contributed by atoms with van der Waals surface area (Å²) in [4.78, 5) is 2.50. The summed E-state index contributed by atoms with van der Waals surface area (Å²) in [6, 6.07) is 2.44. The molecule has 48 valence electrons. The average Bonchev–Trinajstić information content (AvgIpc) is 2.15. The van der Waals surface area contributed by atoms with Gasteiger partial charge in [-0.25, -0.2) is 0 Å². The van der Waals surface area contributed by atoms with Gasteiger partial charge >= 0.3 is 0 Å². The lowest BCUT2D eigenvalue weighted by Gasteiger charge is -2.04. The van der Waals surface area contributed by atoms with E-state index in [1.54, 1.807) is 0 Å². The van der Waals surface area contributed by atoms with Gasteiger partial charge in [-0.05, 0) is 27.7 Å². The molecule has 1 aliphatic rings. The van der Waals surface area contributed by atoms with E-state index in [1.807, 2.05) is 0 Å². The van der Waals surface area contributed by atoms with Crippen LogP contribution in [-0.2, 0) is 0 Å². The lowest BCUT2D eigenvalue weighted by molar-refractivity contribution is 0.408. The molecule has 0 aliphatic carbocycles. The maximum atomic E-state index is 2.50. The molecule has 1 rings (SSSR count). The van der Waals surface area contributed by atoms with Crippen LogP contribution in [0.2, 0.25) is 0 Å². The summed E-state index contributed by atoms with van der Waals surface area (Å²) in [5.74, 6) is 0. The zero-order valence-electron chi connectivity index (χ0n) is 6.18. The molecular weight excluding hydrogens is 98.1 g/mol. The van der Waals surface area contributed by atoms with Gasteiger partial charge in [0.05, 0.1) is 0 Å². The fraction of sp³-hybridized carbons (Fsp3) is 1.00. The molecule has 0 saturated carbocycles. The van der Waals surface area contributed by atoms with Crippen LogP contribution in [0.15, 0.2) is 0 Å². The first-order chi connectivity index (χ1) is 3.64. The molecule has 0 radical (unpaired) electrons. The minimum absolute atomic E-state index is 0.750. The third-order valence-electron chi connectivity index (χ3n) is 2.15. The number of nitrogens with zero attached hydrogens (tertiary/aromatic N) is 1. The number of hydrogen-bond acceptors (Lipinski definition) is 1. The molecule has 0 bridgehead atoms. The number of rotatable bonds is 1. The molecule has 0 aromatic carbocycles. The first kappa shape index (κ1) is 6.09. The van der Waals surface area contributed by atoms with Crippen LogP contribution in [0.3, 0.4) is 0 Å². The van der Waals surface area contributed by atoms with Crippen molar-refractivity contribution in [2.75, 3.05) is 0 Å². The van der Waals surface area contributed by atoms with Gasteiger partial charge in [-0.1, -0.05) is 0 Å². The van der Waals surface area contributed by atoms with Crippen LogP contribution in [-0.4, -0.2) is 23.0 Å². The van der Waals surface area contributed by atoms with Gasteiger partial charge in [0.2, 0.25) is 0 Å². The monoisotopic (exact) mass is 113 g/mol. The van der Waals surface area contributed by atoms with Crippen LogP contribution in [0.5, 0.6) is 0 Å². The van der Waals surface area contributed by atoms with E-state index in [-0.39, 0.29) is 0 Å². The zero-order valence-corrected chi connectivity index (χ0v) is 6.18. The molecule has 1 aliphatic heterocycles. The minimum atomic E-state index is 0.750. The van der Waals surface area contributed by atoms with E-state index in [2.05, 4.69) is 32.6 Å². The van der Waals surface area contributed by atoms with E-state index in [1.165, 1.54) is 0 Å². The average molecular weight is 113 g/mol. The third kappa shape index (κ3) is 0.752. The second kappa shape index (κ2) is 1.73. The highest BCUT2D eigenvalue weighted by molar-refractivity contribution is 4.97. The summed E-state index contributed by atoms with van der Waals surface area (Å²) in [6.07, 6.45) is 0. The van der Waals surface area contributed by atoms with Gasteiger partial charge in [0.1, 0.15) is 0 Å². The van der Waals surface area contributed by atoms with Crippen molar-refractivity contribution < 1.29 is 0 Å². The van der Waals surface area contributed by atoms with Crippen molar-refractivity contribution in [3.05, 3.63) is 0 Å². The summed E-state index contributed by atoms with van der Waals surface area (Å²) in [5, 5.41) is 0. The van der Waals surface area contributed by atoms with Gasteiger partial charge in [-0.3, -0.25) is 4.90 Å². The van der Waals surface area contributed by atoms with Crippen molar-refractivity contribution in [2.45, 2.75) is 45.8 Å². The fourth-order valence-corrected chi connectivity index (χ4v) is 1.47. The predicted molar refractivity (Wildman–Crippen MR) is 35.9 cm³/mol. The summed E-state index contributed by atoms with van der Waals surface area (Å²) < 4.78 is 0. The molecule has 1 heterocycles. The molecule has 8 heavy (non-hydrogen) atoms. The smallest absolute Gasteiger partial charge is 0.0227 e. The minimum Gasteiger partial charge on any atom is -0.293 e. The Balaban J connectivity index is 2.33. The first-order valence-corrected chi connectivity index (χ1v) is 3.42. The SMILES string of the molecule is CC(C)N1[C@H](C)[C@H]1C. The highest BCUT2D eigenvalue weighted by atomic mass is 15.4. The number of hydrogen-bond donors (Lipinski definition) is 0. The zero-order chi connectivity index (χ0) is 6.31. The van der Waals surface area contributed by atoms with E-state index in [9.17, 15) is 0 Å². The summed E-state index contributed by atoms with van der Waals surface area (Å²) in [7, 11) is 0. The lowest BCUT2D eigenvalue weighted by Crippen LogP contribution is -2.11. The largest absolute Gasteiger partial charge is 0.293 e. The molecule has 0 aromatic heterocycles.